The third-order valence-corrected chi connectivity index (χ3v) is 5.81. The lowest BCUT2D eigenvalue weighted by Gasteiger charge is -2.25. The summed E-state index contributed by atoms with van der Waals surface area (Å²) in [6, 6.07) is 20.9. The Bertz CT molecular complexity index is 1330. The Balaban J connectivity index is 1.82. The van der Waals surface area contributed by atoms with Crippen LogP contribution in [0.1, 0.15) is 27.7 Å². The molecule has 1 aromatic heterocycles. The van der Waals surface area contributed by atoms with Gasteiger partial charge in [-0.25, -0.2) is 0 Å². The van der Waals surface area contributed by atoms with Gasteiger partial charge in [0, 0.05) is 15.2 Å². The van der Waals surface area contributed by atoms with Crippen molar-refractivity contribution in [3.8, 4) is 0 Å². The van der Waals surface area contributed by atoms with Gasteiger partial charge in [0.05, 0.1) is 17.0 Å². The monoisotopic (exact) mass is 465 g/mol. The second-order valence-electron chi connectivity index (χ2n) is 6.78. The summed E-state index contributed by atoms with van der Waals surface area (Å²) in [5.74, 6) is -0.281. The maximum Gasteiger partial charge on any atom is 0.295 e. The topological polar surface area (TPSA) is 50.5 Å². The van der Waals surface area contributed by atoms with E-state index in [1.807, 2.05) is 36.4 Å². The number of anilines is 1. The molecule has 1 atom stereocenters. The Labute approximate surface area is 179 Å². The lowest BCUT2D eigenvalue weighted by atomic mass is 9.98. The lowest BCUT2D eigenvalue weighted by molar-refractivity contribution is 0.0971. The fraction of sp³-hybridized carbons (Fsp3) is 0.0435. The number of carbonyl (C=O) groups is 1. The second-order valence-corrected chi connectivity index (χ2v) is 8.13. The first kappa shape index (κ1) is 18.2. The van der Waals surface area contributed by atoms with Gasteiger partial charge in [0.2, 0.25) is 5.76 Å². The molecule has 1 aliphatic heterocycles. The van der Waals surface area contributed by atoms with Crippen LogP contribution in [0.4, 0.5) is 5.69 Å². The van der Waals surface area contributed by atoms with Crippen LogP contribution in [0.25, 0.3) is 11.0 Å². The van der Waals surface area contributed by atoms with Crippen LogP contribution in [0.15, 0.2) is 86.5 Å². The predicted molar refractivity (Wildman–Crippen MR) is 117 cm³/mol. The molecule has 0 bridgehead atoms. The zero-order valence-corrected chi connectivity index (χ0v) is 17.3. The van der Waals surface area contributed by atoms with E-state index >= 15 is 0 Å². The fourth-order valence-corrected chi connectivity index (χ4v) is 4.24. The molecule has 1 aliphatic rings. The molecule has 0 aliphatic carbocycles. The van der Waals surface area contributed by atoms with Crippen LogP contribution in [0.2, 0.25) is 5.02 Å². The van der Waals surface area contributed by atoms with Crippen LogP contribution in [0.5, 0.6) is 0 Å². The first-order chi connectivity index (χ1) is 14.0. The minimum Gasteiger partial charge on any atom is -0.450 e. The predicted octanol–water partition coefficient (Wildman–Crippen LogP) is 5.96. The Kier molecular flexibility index (Phi) is 4.30. The molecule has 29 heavy (non-hydrogen) atoms. The zero-order chi connectivity index (χ0) is 20.1. The van der Waals surface area contributed by atoms with Crippen molar-refractivity contribution in [3.63, 3.8) is 0 Å². The number of hydrogen-bond acceptors (Lipinski definition) is 3. The number of rotatable bonds is 2. The number of fused-ring (bicyclic) bond motifs is 2. The van der Waals surface area contributed by atoms with Crippen LogP contribution >= 0.6 is 27.5 Å². The average Bonchev–Trinajstić information content (AvgIpc) is 3.02. The van der Waals surface area contributed by atoms with Gasteiger partial charge in [-0.1, -0.05) is 51.8 Å². The summed E-state index contributed by atoms with van der Waals surface area (Å²) in [5, 5.41) is 0.980. The van der Waals surface area contributed by atoms with Gasteiger partial charge in [0.15, 0.2) is 5.43 Å². The van der Waals surface area contributed by atoms with Crippen molar-refractivity contribution in [2.24, 2.45) is 0 Å². The van der Waals surface area contributed by atoms with E-state index in [0.29, 0.717) is 27.2 Å². The van der Waals surface area contributed by atoms with E-state index in [2.05, 4.69) is 15.9 Å². The van der Waals surface area contributed by atoms with Crippen molar-refractivity contribution in [1.82, 2.24) is 0 Å². The highest BCUT2D eigenvalue weighted by atomic mass is 79.9. The Morgan fingerprint density at radius 2 is 1.69 bits per heavy atom. The Hall–Kier alpha value is -2.89. The van der Waals surface area contributed by atoms with Gasteiger partial charge < -0.3 is 4.42 Å². The van der Waals surface area contributed by atoms with E-state index < -0.39 is 6.04 Å². The minimum atomic E-state index is -0.627. The summed E-state index contributed by atoms with van der Waals surface area (Å²) < 4.78 is 6.81. The van der Waals surface area contributed by atoms with E-state index in [0.717, 1.165) is 10.0 Å². The van der Waals surface area contributed by atoms with Crippen molar-refractivity contribution in [2.75, 3.05) is 4.90 Å². The Morgan fingerprint density at radius 1 is 0.931 bits per heavy atom. The number of carbonyl (C=O) groups excluding carboxylic acids is 1. The van der Waals surface area contributed by atoms with E-state index in [4.69, 9.17) is 16.0 Å². The van der Waals surface area contributed by atoms with Crippen molar-refractivity contribution >= 4 is 50.1 Å². The van der Waals surface area contributed by atoms with Gasteiger partial charge >= 0.3 is 0 Å². The standard InChI is InChI=1S/C23H13BrClNO3/c24-14-8-10-16(11-9-14)26-20(13-4-3-5-15(25)12-13)19-21(27)17-6-1-2-7-18(17)29-22(19)23(26)28/h1-12,20H. The molecule has 6 heteroatoms. The normalized spacial score (nSPS) is 15.7. The van der Waals surface area contributed by atoms with Crippen LogP contribution < -0.4 is 10.3 Å². The molecule has 0 radical (unpaired) electrons. The fourth-order valence-electron chi connectivity index (χ4n) is 3.78. The molecule has 0 saturated carbocycles. The van der Waals surface area contributed by atoms with Gasteiger partial charge in [-0.05, 0) is 54.1 Å². The van der Waals surface area contributed by atoms with E-state index in [9.17, 15) is 9.59 Å². The molecule has 5 rings (SSSR count). The highest BCUT2D eigenvalue weighted by molar-refractivity contribution is 9.10. The summed E-state index contributed by atoms with van der Waals surface area (Å²) in [6.07, 6.45) is 0. The molecule has 0 fully saturated rings. The molecule has 1 amide bonds. The molecule has 0 N–H and O–H groups in total. The van der Waals surface area contributed by atoms with Crippen molar-refractivity contribution in [2.45, 2.75) is 6.04 Å². The van der Waals surface area contributed by atoms with Crippen LogP contribution in [0.3, 0.4) is 0 Å². The number of halogens is 2. The van der Waals surface area contributed by atoms with Gasteiger partial charge in [0.25, 0.3) is 5.91 Å². The second kappa shape index (κ2) is 6.87. The molecule has 4 nitrogen and oxygen atoms in total. The number of nitrogens with zero attached hydrogens (tertiary/aromatic N) is 1. The number of para-hydroxylation sites is 1. The molecule has 2 heterocycles. The molecule has 0 saturated heterocycles. The largest absolute Gasteiger partial charge is 0.450 e. The molecule has 1 unspecified atom stereocenters. The van der Waals surface area contributed by atoms with Gasteiger partial charge in [0.1, 0.15) is 5.58 Å². The summed E-state index contributed by atoms with van der Waals surface area (Å²) in [7, 11) is 0. The van der Waals surface area contributed by atoms with E-state index in [1.54, 1.807) is 41.3 Å². The zero-order valence-electron chi connectivity index (χ0n) is 14.9. The van der Waals surface area contributed by atoms with E-state index in [1.165, 1.54) is 0 Å². The van der Waals surface area contributed by atoms with Crippen molar-refractivity contribution < 1.29 is 9.21 Å². The van der Waals surface area contributed by atoms with E-state index in [-0.39, 0.29) is 17.1 Å². The van der Waals surface area contributed by atoms with Crippen LogP contribution in [0, 0.1) is 0 Å². The Morgan fingerprint density at radius 3 is 2.45 bits per heavy atom. The lowest BCUT2D eigenvalue weighted by Crippen LogP contribution is -2.29. The molecule has 142 valence electrons. The summed E-state index contributed by atoms with van der Waals surface area (Å²) in [4.78, 5) is 28.4. The minimum absolute atomic E-state index is 0.0709. The molecular formula is C23H13BrClNO3. The molecular weight excluding hydrogens is 454 g/mol. The average molecular weight is 467 g/mol. The third-order valence-electron chi connectivity index (χ3n) is 5.05. The highest BCUT2D eigenvalue weighted by Gasteiger charge is 2.43. The maximum absolute atomic E-state index is 13.4. The maximum atomic E-state index is 13.4. The van der Waals surface area contributed by atoms with Gasteiger partial charge in [-0.2, -0.15) is 0 Å². The summed E-state index contributed by atoms with van der Waals surface area (Å²) in [6.45, 7) is 0. The van der Waals surface area contributed by atoms with Crippen molar-refractivity contribution in [3.05, 3.63) is 109 Å². The summed E-state index contributed by atoms with van der Waals surface area (Å²) >= 11 is 9.64. The van der Waals surface area contributed by atoms with Gasteiger partial charge in [-0.15, -0.1) is 0 Å². The molecule has 0 spiro atoms. The smallest absolute Gasteiger partial charge is 0.295 e. The first-order valence-electron chi connectivity index (χ1n) is 8.95. The SMILES string of the molecule is O=C1c2oc3ccccc3c(=O)c2C(c2cccc(Cl)c2)N1c1ccc(Br)cc1. The molecule has 3 aromatic carbocycles. The van der Waals surface area contributed by atoms with Crippen LogP contribution in [-0.2, 0) is 0 Å². The highest BCUT2D eigenvalue weighted by Crippen LogP contribution is 2.41. The first-order valence-corrected chi connectivity index (χ1v) is 10.1. The third kappa shape index (κ3) is 2.89. The number of benzene rings is 3. The van der Waals surface area contributed by atoms with Crippen LogP contribution in [-0.4, -0.2) is 5.91 Å². The quantitative estimate of drug-likeness (QED) is 0.366. The number of amides is 1. The number of hydrogen-bond donors (Lipinski definition) is 0. The van der Waals surface area contributed by atoms with Gasteiger partial charge in [-0.3, -0.25) is 14.5 Å². The molecule has 4 aromatic rings. The summed E-state index contributed by atoms with van der Waals surface area (Å²) in [5.41, 5.74) is 1.93. The van der Waals surface area contributed by atoms with Crippen molar-refractivity contribution in [1.29, 1.82) is 0 Å².